The second-order valence-electron chi connectivity index (χ2n) is 5.41. The molecule has 0 aromatic heterocycles. The zero-order valence-electron chi connectivity index (χ0n) is 12.7. The second-order valence-corrected chi connectivity index (χ2v) is 5.41. The Morgan fingerprint density at radius 1 is 0.842 bits per heavy atom. The molecule has 0 N–H and O–H groups in total. The van der Waals surface area contributed by atoms with Crippen LogP contribution in [0.4, 0.5) is 0 Å². The van der Waals surface area contributed by atoms with Crippen molar-refractivity contribution in [2.24, 2.45) is 0 Å². The van der Waals surface area contributed by atoms with Gasteiger partial charge in [-0.1, -0.05) is 69.7 Å². The Morgan fingerprint density at radius 3 is 2.05 bits per heavy atom. The number of fused-ring (bicyclic) bond motifs is 3. The van der Waals surface area contributed by atoms with Crippen molar-refractivity contribution in [3.63, 3.8) is 0 Å². The first kappa shape index (κ1) is 13.9. The predicted molar refractivity (Wildman–Crippen MR) is 84.9 cm³/mol. The Kier molecular flexibility index (Phi) is 4.09. The highest BCUT2D eigenvalue weighted by Gasteiger charge is 2.18. The second kappa shape index (κ2) is 5.61. The van der Waals surface area contributed by atoms with E-state index in [0.29, 0.717) is 5.92 Å². The van der Waals surface area contributed by atoms with Crippen LogP contribution in [0.2, 0.25) is 0 Å². The van der Waals surface area contributed by atoms with Gasteiger partial charge in [-0.15, -0.1) is 0 Å². The molecule has 0 amide bonds. The smallest absolute Gasteiger partial charge is 0.00133 e. The minimum atomic E-state index is 0.616. The molecule has 3 rings (SSSR count). The molecule has 0 bridgehead atoms. The molecule has 0 saturated heterocycles. The van der Waals surface area contributed by atoms with Gasteiger partial charge in [0.1, 0.15) is 0 Å². The SMILES string of the molecule is CC.Cc1ccc2c(c1)Cc1cc(C(C)C)ccc1-2. The molecule has 2 aromatic carbocycles. The van der Waals surface area contributed by atoms with E-state index in [2.05, 4.69) is 57.2 Å². The van der Waals surface area contributed by atoms with Crippen LogP contribution >= 0.6 is 0 Å². The van der Waals surface area contributed by atoms with Crippen LogP contribution in [0.5, 0.6) is 0 Å². The van der Waals surface area contributed by atoms with Gasteiger partial charge < -0.3 is 0 Å². The standard InChI is InChI=1S/C17H18.C2H6/c1-11(2)13-5-7-17-15(9-13)10-14-8-12(3)4-6-16(14)17;1-2/h4-9,11H,10H2,1-3H3;1-2H3. The van der Waals surface area contributed by atoms with Gasteiger partial charge in [-0.3, -0.25) is 0 Å². The normalized spacial score (nSPS) is 11.7. The summed E-state index contributed by atoms with van der Waals surface area (Å²) in [5.74, 6) is 0.616. The molecule has 100 valence electrons. The predicted octanol–water partition coefficient (Wildman–Crippen LogP) is 5.72. The van der Waals surface area contributed by atoms with Crippen molar-refractivity contribution in [1.82, 2.24) is 0 Å². The van der Waals surface area contributed by atoms with E-state index in [1.807, 2.05) is 13.8 Å². The quantitative estimate of drug-likeness (QED) is 0.520. The average Bonchev–Trinajstić information content (AvgIpc) is 2.77. The minimum absolute atomic E-state index is 0.616. The van der Waals surface area contributed by atoms with Crippen molar-refractivity contribution in [3.8, 4) is 11.1 Å². The van der Waals surface area contributed by atoms with Crippen LogP contribution in [0.3, 0.4) is 0 Å². The summed E-state index contributed by atoms with van der Waals surface area (Å²) in [6, 6.07) is 13.8. The zero-order valence-corrected chi connectivity index (χ0v) is 12.7. The minimum Gasteiger partial charge on any atom is -0.0683 e. The first-order valence-corrected chi connectivity index (χ1v) is 7.38. The lowest BCUT2D eigenvalue weighted by Crippen LogP contribution is -1.89. The summed E-state index contributed by atoms with van der Waals surface area (Å²) in [6.07, 6.45) is 1.10. The van der Waals surface area contributed by atoms with Gasteiger partial charge in [0.2, 0.25) is 0 Å². The van der Waals surface area contributed by atoms with E-state index in [-0.39, 0.29) is 0 Å². The molecular formula is C19H24. The molecule has 19 heavy (non-hydrogen) atoms. The highest BCUT2D eigenvalue weighted by molar-refractivity contribution is 5.77. The van der Waals surface area contributed by atoms with E-state index in [9.17, 15) is 0 Å². The van der Waals surface area contributed by atoms with E-state index < -0.39 is 0 Å². The number of rotatable bonds is 1. The van der Waals surface area contributed by atoms with Crippen molar-refractivity contribution in [1.29, 1.82) is 0 Å². The third-order valence-electron chi connectivity index (χ3n) is 3.73. The van der Waals surface area contributed by atoms with Crippen molar-refractivity contribution in [2.45, 2.75) is 47.0 Å². The maximum atomic E-state index is 2.38. The fraction of sp³-hybridized carbons (Fsp3) is 0.368. The summed E-state index contributed by atoms with van der Waals surface area (Å²) >= 11 is 0. The van der Waals surface area contributed by atoms with E-state index in [1.165, 1.54) is 33.4 Å². The van der Waals surface area contributed by atoms with Crippen LogP contribution in [0.1, 0.15) is 55.9 Å². The molecule has 0 radical (unpaired) electrons. The molecule has 0 nitrogen and oxygen atoms in total. The molecule has 2 aromatic rings. The van der Waals surface area contributed by atoms with Crippen molar-refractivity contribution >= 4 is 0 Å². The van der Waals surface area contributed by atoms with Crippen molar-refractivity contribution in [3.05, 3.63) is 58.7 Å². The molecule has 1 aliphatic rings. The fourth-order valence-corrected chi connectivity index (χ4v) is 2.72. The summed E-state index contributed by atoms with van der Waals surface area (Å²) in [4.78, 5) is 0. The van der Waals surface area contributed by atoms with Crippen LogP contribution in [0, 0.1) is 6.92 Å². The van der Waals surface area contributed by atoms with Gasteiger partial charge in [0, 0.05) is 0 Å². The van der Waals surface area contributed by atoms with Crippen LogP contribution < -0.4 is 0 Å². The first-order chi connectivity index (χ1) is 9.15. The number of hydrogen-bond acceptors (Lipinski definition) is 0. The van der Waals surface area contributed by atoms with Crippen molar-refractivity contribution in [2.75, 3.05) is 0 Å². The third-order valence-corrected chi connectivity index (χ3v) is 3.73. The lowest BCUT2D eigenvalue weighted by Gasteiger charge is -2.08. The van der Waals surface area contributed by atoms with Gasteiger partial charge in [0.25, 0.3) is 0 Å². The van der Waals surface area contributed by atoms with Crippen LogP contribution in [-0.2, 0) is 6.42 Å². The summed E-state index contributed by atoms with van der Waals surface area (Å²) in [7, 11) is 0. The van der Waals surface area contributed by atoms with Crippen molar-refractivity contribution < 1.29 is 0 Å². The van der Waals surface area contributed by atoms with E-state index in [0.717, 1.165) is 6.42 Å². The molecule has 0 spiro atoms. The lowest BCUT2D eigenvalue weighted by molar-refractivity contribution is 0.864. The molecular weight excluding hydrogens is 228 g/mol. The fourth-order valence-electron chi connectivity index (χ4n) is 2.72. The molecule has 0 aliphatic heterocycles. The van der Waals surface area contributed by atoms with Crippen LogP contribution in [0.25, 0.3) is 11.1 Å². The van der Waals surface area contributed by atoms with Gasteiger partial charge in [-0.25, -0.2) is 0 Å². The van der Waals surface area contributed by atoms with Gasteiger partial charge in [0.05, 0.1) is 0 Å². The van der Waals surface area contributed by atoms with Crippen LogP contribution in [-0.4, -0.2) is 0 Å². The molecule has 0 fully saturated rings. The summed E-state index contributed by atoms with van der Waals surface area (Å²) in [5, 5.41) is 0. The maximum absolute atomic E-state index is 2.38. The molecule has 0 atom stereocenters. The first-order valence-electron chi connectivity index (χ1n) is 7.38. The zero-order chi connectivity index (χ0) is 14.0. The number of aryl methyl sites for hydroxylation is 1. The summed E-state index contributed by atoms with van der Waals surface area (Å²) < 4.78 is 0. The van der Waals surface area contributed by atoms with E-state index >= 15 is 0 Å². The highest BCUT2D eigenvalue weighted by Crippen LogP contribution is 2.38. The monoisotopic (exact) mass is 252 g/mol. The largest absolute Gasteiger partial charge is 0.0683 e. The number of benzene rings is 2. The summed E-state index contributed by atoms with van der Waals surface area (Å²) in [6.45, 7) is 10.7. The number of hydrogen-bond donors (Lipinski definition) is 0. The molecule has 0 saturated carbocycles. The van der Waals surface area contributed by atoms with Gasteiger partial charge in [-0.05, 0) is 47.1 Å². The average molecular weight is 252 g/mol. The van der Waals surface area contributed by atoms with Gasteiger partial charge in [0.15, 0.2) is 0 Å². The Labute approximate surface area is 117 Å². The summed E-state index contributed by atoms with van der Waals surface area (Å²) in [5.41, 5.74) is 8.66. The van der Waals surface area contributed by atoms with Crippen LogP contribution in [0.15, 0.2) is 36.4 Å². The Morgan fingerprint density at radius 2 is 1.42 bits per heavy atom. The maximum Gasteiger partial charge on any atom is -0.00133 e. The Bertz CT molecular complexity index is 577. The Hall–Kier alpha value is -1.56. The topological polar surface area (TPSA) is 0 Å². The van der Waals surface area contributed by atoms with E-state index in [4.69, 9.17) is 0 Å². The van der Waals surface area contributed by atoms with Gasteiger partial charge in [-0.2, -0.15) is 0 Å². The van der Waals surface area contributed by atoms with Gasteiger partial charge >= 0.3 is 0 Å². The van der Waals surface area contributed by atoms with E-state index in [1.54, 1.807) is 0 Å². The molecule has 0 heterocycles. The Balaban J connectivity index is 0.000000637. The molecule has 0 heteroatoms. The lowest BCUT2D eigenvalue weighted by atomic mass is 9.97. The molecule has 1 aliphatic carbocycles. The third kappa shape index (κ3) is 2.58. The highest BCUT2D eigenvalue weighted by atomic mass is 14.2. The molecule has 0 unspecified atom stereocenters.